The first-order valence-electron chi connectivity index (χ1n) is 12.1. The highest BCUT2D eigenvalue weighted by molar-refractivity contribution is 6.35. The van der Waals surface area contributed by atoms with Crippen molar-refractivity contribution in [3.63, 3.8) is 0 Å². The van der Waals surface area contributed by atoms with Gasteiger partial charge in [0.1, 0.15) is 5.02 Å². The summed E-state index contributed by atoms with van der Waals surface area (Å²) in [5, 5.41) is 18.9. The number of hydrogen-bond donors (Lipinski definition) is 2. The van der Waals surface area contributed by atoms with E-state index in [1.807, 2.05) is 17.9 Å². The molecule has 3 aromatic rings. The van der Waals surface area contributed by atoms with E-state index in [0.717, 1.165) is 24.9 Å². The number of carbonyl (C=O) groups is 1. The molecule has 0 spiro atoms. The van der Waals surface area contributed by atoms with Crippen LogP contribution in [0.3, 0.4) is 0 Å². The third-order valence-electron chi connectivity index (χ3n) is 6.78. The average molecular weight is 566 g/mol. The normalized spacial score (nSPS) is 19.3. The molecule has 2 aliphatic rings. The van der Waals surface area contributed by atoms with Crippen LogP contribution in [0.4, 0.5) is 11.8 Å². The number of likely N-dealkylation sites (tertiary alicyclic amines) is 1. The molecule has 1 amide bonds. The molecule has 0 unspecified atom stereocenters. The second kappa shape index (κ2) is 11.3. The average Bonchev–Trinajstić information content (AvgIpc) is 3.57. The van der Waals surface area contributed by atoms with Gasteiger partial charge in [-0.2, -0.15) is 4.98 Å². The van der Waals surface area contributed by atoms with Crippen LogP contribution in [0.15, 0.2) is 24.4 Å². The molecule has 5 rings (SSSR count). The summed E-state index contributed by atoms with van der Waals surface area (Å²) in [5.74, 6) is 1.90. The molecular weight excluding hydrogens is 539 g/mol. The molecule has 11 nitrogen and oxygen atoms in total. The summed E-state index contributed by atoms with van der Waals surface area (Å²) in [6, 6.07) is 5.08. The fourth-order valence-corrected chi connectivity index (χ4v) is 5.54. The van der Waals surface area contributed by atoms with E-state index in [1.54, 1.807) is 18.3 Å². The molecule has 0 bridgehead atoms. The Bertz CT molecular complexity index is 1240. The lowest BCUT2D eigenvalue weighted by molar-refractivity contribution is -0.136. The standard InChI is InChI=1S/C23H27Cl3N10O/c1-14(16-5-4-15(24)11-17(16)25)28-21-18(26)12-27-23(29-21)35-9-7-34(8-10-35)22(37)19-3-2-6-36(19)13-20-30-32-33-31-20/h4-5,11-12,14,19H,2-3,6-10,13H2,1H3,(H,27,28,29)(H,30,31,32,33)/t14-,19-/m1/s1. The molecule has 0 saturated carbocycles. The Morgan fingerprint density at radius 2 is 1.97 bits per heavy atom. The predicted octanol–water partition coefficient (Wildman–Crippen LogP) is 3.44. The number of nitrogens with zero attached hydrogens (tertiary/aromatic N) is 8. The molecule has 2 aromatic heterocycles. The smallest absolute Gasteiger partial charge is 0.240 e. The van der Waals surface area contributed by atoms with Crippen LogP contribution in [0, 0.1) is 0 Å². The van der Waals surface area contributed by atoms with E-state index in [-0.39, 0.29) is 18.0 Å². The topological polar surface area (TPSA) is 119 Å². The molecule has 2 N–H and O–H groups in total. The molecule has 1 aromatic carbocycles. The fraction of sp³-hybridized carbons (Fsp3) is 0.478. The highest BCUT2D eigenvalue weighted by Crippen LogP contribution is 2.31. The Morgan fingerprint density at radius 3 is 2.70 bits per heavy atom. The van der Waals surface area contributed by atoms with Crippen molar-refractivity contribution in [1.29, 1.82) is 0 Å². The van der Waals surface area contributed by atoms with Gasteiger partial charge >= 0.3 is 0 Å². The maximum absolute atomic E-state index is 13.3. The number of amides is 1. The van der Waals surface area contributed by atoms with E-state index in [1.165, 1.54) is 0 Å². The van der Waals surface area contributed by atoms with Crippen LogP contribution in [-0.4, -0.2) is 85.1 Å². The number of piperazine rings is 1. The summed E-state index contributed by atoms with van der Waals surface area (Å²) in [6.07, 6.45) is 3.41. The van der Waals surface area contributed by atoms with Gasteiger partial charge in [0.15, 0.2) is 11.6 Å². The lowest BCUT2D eigenvalue weighted by Crippen LogP contribution is -2.54. The number of benzene rings is 1. The SMILES string of the molecule is C[C@@H](Nc1nc(N2CCN(C(=O)[C@H]3CCCN3Cc3nnn[nH]3)CC2)ncc1Cl)c1ccc(Cl)cc1Cl. The monoisotopic (exact) mass is 564 g/mol. The minimum atomic E-state index is -0.152. The number of aromatic amines is 1. The Morgan fingerprint density at radius 1 is 1.16 bits per heavy atom. The van der Waals surface area contributed by atoms with Crippen molar-refractivity contribution in [1.82, 2.24) is 40.4 Å². The number of nitrogens with one attached hydrogen (secondary N) is 2. The van der Waals surface area contributed by atoms with Gasteiger partial charge in [-0.25, -0.2) is 10.1 Å². The Hall–Kier alpha value is -2.73. The number of hydrogen-bond acceptors (Lipinski definition) is 9. The Kier molecular flexibility index (Phi) is 7.94. The zero-order valence-electron chi connectivity index (χ0n) is 20.2. The summed E-state index contributed by atoms with van der Waals surface area (Å²) in [7, 11) is 0. The van der Waals surface area contributed by atoms with Gasteiger partial charge in [-0.1, -0.05) is 40.9 Å². The van der Waals surface area contributed by atoms with Gasteiger partial charge in [0.25, 0.3) is 0 Å². The summed E-state index contributed by atoms with van der Waals surface area (Å²) in [4.78, 5) is 28.6. The maximum atomic E-state index is 13.3. The van der Waals surface area contributed by atoms with Gasteiger partial charge < -0.3 is 15.1 Å². The first-order chi connectivity index (χ1) is 17.9. The van der Waals surface area contributed by atoms with E-state index in [9.17, 15) is 4.79 Å². The molecule has 4 heterocycles. The van der Waals surface area contributed by atoms with Gasteiger partial charge in [-0.3, -0.25) is 9.69 Å². The minimum absolute atomic E-state index is 0.151. The van der Waals surface area contributed by atoms with E-state index in [2.05, 4.69) is 45.7 Å². The maximum Gasteiger partial charge on any atom is 0.240 e. The third kappa shape index (κ3) is 5.90. The van der Waals surface area contributed by atoms with E-state index in [0.29, 0.717) is 65.4 Å². The second-order valence-electron chi connectivity index (χ2n) is 9.19. The van der Waals surface area contributed by atoms with E-state index < -0.39 is 0 Å². The van der Waals surface area contributed by atoms with Crippen LogP contribution in [0.5, 0.6) is 0 Å². The number of rotatable bonds is 7. The lowest BCUT2D eigenvalue weighted by atomic mass is 10.1. The minimum Gasteiger partial charge on any atom is -0.362 e. The molecule has 2 aliphatic heterocycles. The molecule has 14 heteroatoms. The number of aromatic nitrogens is 6. The number of tetrazole rings is 1. The van der Waals surface area contributed by atoms with Gasteiger partial charge in [0.2, 0.25) is 11.9 Å². The first-order valence-corrected chi connectivity index (χ1v) is 13.3. The number of H-pyrrole nitrogens is 1. The third-order valence-corrected chi connectivity index (χ3v) is 7.62. The van der Waals surface area contributed by atoms with Gasteiger partial charge in [0.05, 0.1) is 24.8 Å². The molecule has 2 atom stereocenters. The van der Waals surface area contributed by atoms with Crippen molar-refractivity contribution in [3.05, 3.63) is 50.9 Å². The van der Waals surface area contributed by atoms with Gasteiger partial charge in [-0.05, 0) is 54.4 Å². The van der Waals surface area contributed by atoms with E-state index >= 15 is 0 Å². The van der Waals surface area contributed by atoms with Crippen LogP contribution in [0.2, 0.25) is 15.1 Å². The largest absolute Gasteiger partial charge is 0.362 e. The number of anilines is 2. The Labute approximate surface area is 229 Å². The summed E-state index contributed by atoms with van der Waals surface area (Å²) in [5.41, 5.74) is 0.884. The van der Waals surface area contributed by atoms with Crippen molar-refractivity contribution in [2.75, 3.05) is 42.9 Å². The highest BCUT2D eigenvalue weighted by Gasteiger charge is 2.35. The molecule has 196 valence electrons. The molecule has 2 fully saturated rings. The summed E-state index contributed by atoms with van der Waals surface area (Å²) >= 11 is 18.8. The quantitative estimate of drug-likeness (QED) is 0.444. The highest BCUT2D eigenvalue weighted by atomic mass is 35.5. The summed E-state index contributed by atoms with van der Waals surface area (Å²) < 4.78 is 0. The second-order valence-corrected chi connectivity index (χ2v) is 10.4. The number of halogens is 3. The van der Waals surface area contributed by atoms with Crippen molar-refractivity contribution >= 4 is 52.5 Å². The van der Waals surface area contributed by atoms with Crippen molar-refractivity contribution in [2.24, 2.45) is 0 Å². The lowest BCUT2D eigenvalue weighted by Gasteiger charge is -2.37. The van der Waals surface area contributed by atoms with Crippen LogP contribution in [0.25, 0.3) is 0 Å². The Balaban J connectivity index is 1.20. The molecule has 0 radical (unpaired) electrons. The molecule has 37 heavy (non-hydrogen) atoms. The van der Waals surface area contributed by atoms with Crippen LogP contribution < -0.4 is 10.2 Å². The first kappa shape index (κ1) is 25.9. The van der Waals surface area contributed by atoms with Crippen LogP contribution in [0.1, 0.15) is 37.2 Å². The van der Waals surface area contributed by atoms with Gasteiger partial charge in [-0.15, -0.1) is 5.10 Å². The van der Waals surface area contributed by atoms with Crippen molar-refractivity contribution < 1.29 is 4.79 Å². The van der Waals surface area contributed by atoms with Crippen LogP contribution >= 0.6 is 34.8 Å². The molecular formula is C23H27Cl3N10O. The van der Waals surface area contributed by atoms with Crippen molar-refractivity contribution in [3.8, 4) is 0 Å². The predicted molar refractivity (Wildman–Crippen MR) is 142 cm³/mol. The van der Waals surface area contributed by atoms with Crippen molar-refractivity contribution in [2.45, 2.75) is 38.4 Å². The molecule has 0 aliphatic carbocycles. The van der Waals surface area contributed by atoms with E-state index in [4.69, 9.17) is 34.8 Å². The zero-order valence-corrected chi connectivity index (χ0v) is 22.5. The fourth-order valence-electron chi connectivity index (χ4n) is 4.82. The molecule has 2 saturated heterocycles. The number of carbonyl (C=O) groups excluding carboxylic acids is 1. The van der Waals surface area contributed by atoms with Crippen LogP contribution in [-0.2, 0) is 11.3 Å². The zero-order chi connectivity index (χ0) is 25.9. The van der Waals surface area contributed by atoms with Gasteiger partial charge in [0, 0.05) is 36.2 Å². The summed E-state index contributed by atoms with van der Waals surface area (Å²) in [6.45, 7) is 5.82.